The molecule has 0 saturated carbocycles. The van der Waals surface area contributed by atoms with E-state index in [4.69, 9.17) is 4.43 Å². The molecule has 0 aliphatic rings. The van der Waals surface area contributed by atoms with Gasteiger partial charge in [-0.2, -0.15) is 0 Å². The summed E-state index contributed by atoms with van der Waals surface area (Å²) >= 11 is 0. The van der Waals surface area contributed by atoms with Gasteiger partial charge in [-0.1, -0.05) is 32.9 Å². The van der Waals surface area contributed by atoms with Gasteiger partial charge < -0.3 is 8.99 Å². The number of nitrogens with zero attached hydrogens (tertiary/aromatic N) is 1. The normalized spacial score (nSPS) is 12.8. The molecular weight excluding hydrogens is 314 g/mol. The molecule has 1 heterocycles. The van der Waals surface area contributed by atoms with Crippen LogP contribution in [-0.4, -0.2) is 12.9 Å². The maximum atomic E-state index is 12.8. The fourth-order valence-corrected chi connectivity index (χ4v) is 3.75. The van der Waals surface area contributed by atoms with E-state index in [1.807, 2.05) is 49.5 Å². The molecule has 0 radical (unpaired) electrons. The Morgan fingerprint density at radius 1 is 0.958 bits per heavy atom. The van der Waals surface area contributed by atoms with E-state index in [1.165, 1.54) is 0 Å². The molecule has 3 rings (SSSR count). The van der Waals surface area contributed by atoms with Crippen LogP contribution in [-0.2, 0) is 7.05 Å². The topological polar surface area (TPSA) is 31.2 Å². The Hall–Kier alpha value is -2.07. The molecule has 0 amide bonds. The third-order valence-corrected chi connectivity index (χ3v) is 9.62. The number of pyridine rings is 1. The minimum atomic E-state index is -1.91. The lowest BCUT2D eigenvalue weighted by Gasteiger charge is -2.36. The number of hydrogen-bond donors (Lipinski definition) is 0. The molecule has 3 nitrogen and oxygen atoms in total. The number of aromatic nitrogens is 1. The fourth-order valence-electron chi connectivity index (χ4n) is 2.73. The van der Waals surface area contributed by atoms with Crippen molar-refractivity contribution in [2.45, 2.75) is 38.9 Å². The molecule has 0 spiro atoms. The highest BCUT2D eigenvalue weighted by molar-refractivity contribution is 6.74. The number of hydrogen-bond acceptors (Lipinski definition) is 2. The molecule has 3 aromatic rings. The van der Waals surface area contributed by atoms with Crippen LogP contribution in [0.4, 0.5) is 0 Å². The van der Waals surface area contributed by atoms with Gasteiger partial charge in [0.05, 0.1) is 11.0 Å². The first kappa shape index (κ1) is 16.8. The van der Waals surface area contributed by atoms with Gasteiger partial charge >= 0.3 is 0 Å². The van der Waals surface area contributed by atoms with E-state index in [0.29, 0.717) is 0 Å². The molecule has 0 bridgehead atoms. The molecule has 4 heteroatoms. The summed E-state index contributed by atoms with van der Waals surface area (Å²) < 4.78 is 8.48. The van der Waals surface area contributed by atoms with E-state index in [-0.39, 0.29) is 10.5 Å². The number of para-hydroxylation sites is 1. The lowest BCUT2D eigenvalue weighted by molar-refractivity contribution is 0.492. The monoisotopic (exact) mass is 339 g/mol. The zero-order valence-electron chi connectivity index (χ0n) is 15.3. The highest BCUT2D eigenvalue weighted by Gasteiger charge is 2.39. The Morgan fingerprint density at radius 3 is 2.25 bits per heavy atom. The maximum Gasteiger partial charge on any atom is 0.250 e. The van der Waals surface area contributed by atoms with Crippen molar-refractivity contribution in [3.8, 4) is 5.75 Å². The first-order valence-electron chi connectivity index (χ1n) is 8.32. The molecule has 2 aromatic carbocycles. The van der Waals surface area contributed by atoms with Crippen molar-refractivity contribution in [3.63, 3.8) is 0 Å². The predicted molar refractivity (Wildman–Crippen MR) is 105 cm³/mol. The lowest BCUT2D eigenvalue weighted by Crippen LogP contribution is -2.43. The highest BCUT2D eigenvalue weighted by Crippen LogP contribution is 2.37. The molecule has 0 fully saturated rings. The first-order chi connectivity index (χ1) is 11.1. The van der Waals surface area contributed by atoms with Gasteiger partial charge in [-0.05, 0) is 42.4 Å². The van der Waals surface area contributed by atoms with Crippen LogP contribution in [0.15, 0.2) is 47.3 Å². The van der Waals surface area contributed by atoms with Crippen LogP contribution in [0.1, 0.15) is 20.8 Å². The van der Waals surface area contributed by atoms with Crippen LogP contribution < -0.4 is 9.85 Å². The molecule has 0 saturated heterocycles. The zero-order chi connectivity index (χ0) is 17.7. The largest absolute Gasteiger partial charge is 0.543 e. The molecular formula is C20H25NO2Si. The van der Waals surface area contributed by atoms with Crippen LogP contribution in [0.2, 0.25) is 18.1 Å². The van der Waals surface area contributed by atoms with Crippen LogP contribution in [0.3, 0.4) is 0 Å². The van der Waals surface area contributed by atoms with E-state index in [2.05, 4.69) is 38.4 Å². The van der Waals surface area contributed by atoms with Crippen LogP contribution >= 0.6 is 0 Å². The fraction of sp³-hybridized carbons (Fsp3) is 0.350. The maximum absolute atomic E-state index is 12.8. The smallest absolute Gasteiger partial charge is 0.250 e. The van der Waals surface area contributed by atoms with Crippen LogP contribution in [0, 0.1) is 0 Å². The van der Waals surface area contributed by atoms with Gasteiger partial charge in [0.1, 0.15) is 5.75 Å². The SMILES string of the molecule is Cn1c2ccccc2c(=O)c2ccc(O[Si](C)(C)C(C)(C)C)cc21. The summed E-state index contributed by atoms with van der Waals surface area (Å²) in [7, 11) is 0.0951. The molecule has 0 aliphatic carbocycles. The van der Waals surface area contributed by atoms with Gasteiger partial charge in [-0.3, -0.25) is 4.79 Å². The van der Waals surface area contributed by atoms with E-state index < -0.39 is 8.32 Å². The summed E-state index contributed by atoms with van der Waals surface area (Å²) in [4.78, 5) is 12.8. The quantitative estimate of drug-likeness (QED) is 0.482. The second-order valence-corrected chi connectivity index (χ2v) is 12.7. The Labute approximate surface area is 144 Å². The predicted octanol–water partition coefficient (Wildman–Crippen LogP) is 5.08. The van der Waals surface area contributed by atoms with Gasteiger partial charge in [-0.25, -0.2) is 0 Å². The van der Waals surface area contributed by atoms with Crippen molar-refractivity contribution in [1.82, 2.24) is 4.57 Å². The Bertz CT molecular complexity index is 980. The third-order valence-electron chi connectivity index (χ3n) is 5.26. The Morgan fingerprint density at radius 2 is 1.58 bits per heavy atom. The molecule has 0 atom stereocenters. The molecule has 1 aromatic heterocycles. The number of aryl methyl sites for hydroxylation is 1. The van der Waals surface area contributed by atoms with Crippen LogP contribution in [0.25, 0.3) is 21.8 Å². The van der Waals surface area contributed by atoms with Gasteiger partial charge in [0, 0.05) is 23.9 Å². The Balaban J connectivity index is 2.21. The number of fused-ring (bicyclic) bond motifs is 2. The van der Waals surface area contributed by atoms with Crippen molar-refractivity contribution in [3.05, 3.63) is 52.7 Å². The summed E-state index contributed by atoms with van der Waals surface area (Å²) in [6.07, 6.45) is 0. The average Bonchev–Trinajstić information content (AvgIpc) is 2.51. The second kappa shape index (κ2) is 5.48. The molecule has 24 heavy (non-hydrogen) atoms. The van der Waals surface area contributed by atoms with Crippen molar-refractivity contribution in [2.75, 3.05) is 0 Å². The number of rotatable bonds is 2. The van der Waals surface area contributed by atoms with Crippen molar-refractivity contribution < 1.29 is 4.43 Å². The minimum absolute atomic E-state index is 0.0811. The lowest BCUT2D eigenvalue weighted by atomic mass is 10.1. The van der Waals surface area contributed by atoms with Gasteiger partial charge in [0.2, 0.25) is 8.32 Å². The standard InChI is InChI=1S/C20H25NO2Si/c1-20(2,3)24(5,6)23-14-11-12-16-18(13-14)21(4)17-10-8-7-9-15(17)19(16)22/h7-13H,1-6H3. The summed E-state index contributed by atoms with van der Waals surface area (Å²) in [5.41, 5.74) is 1.94. The summed E-state index contributed by atoms with van der Waals surface area (Å²) in [6, 6.07) is 13.6. The van der Waals surface area contributed by atoms with Crippen molar-refractivity contribution in [1.29, 1.82) is 0 Å². The average molecular weight is 340 g/mol. The van der Waals surface area contributed by atoms with E-state index >= 15 is 0 Å². The van der Waals surface area contributed by atoms with E-state index in [0.717, 1.165) is 27.6 Å². The van der Waals surface area contributed by atoms with Gasteiger partial charge in [0.15, 0.2) is 5.43 Å². The van der Waals surface area contributed by atoms with Crippen molar-refractivity contribution >= 4 is 30.1 Å². The molecule has 126 valence electrons. The van der Waals surface area contributed by atoms with Crippen molar-refractivity contribution in [2.24, 2.45) is 7.05 Å². The molecule has 0 aliphatic heterocycles. The first-order valence-corrected chi connectivity index (χ1v) is 11.2. The van der Waals surface area contributed by atoms with E-state index in [9.17, 15) is 4.79 Å². The minimum Gasteiger partial charge on any atom is -0.543 e. The van der Waals surface area contributed by atoms with E-state index in [1.54, 1.807) is 0 Å². The second-order valence-electron chi connectivity index (χ2n) is 7.95. The summed E-state index contributed by atoms with van der Waals surface area (Å²) in [6.45, 7) is 11.1. The Kier molecular flexibility index (Phi) is 3.83. The van der Waals surface area contributed by atoms with Gasteiger partial charge in [-0.15, -0.1) is 0 Å². The summed E-state index contributed by atoms with van der Waals surface area (Å²) in [5.74, 6) is 0.847. The number of benzene rings is 2. The summed E-state index contributed by atoms with van der Waals surface area (Å²) in [5, 5.41) is 1.63. The van der Waals surface area contributed by atoms with Gasteiger partial charge in [0.25, 0.3) is 0 Å². The zero-order valence-corrected chi connectivity index (χ0v) is 16.3. The highest BCUT2D eigenvalue weighted by atomic mass is 28.4. The third kappa shape index (κ3) is 2.65. The molecule has 0 N–H and O–H groups in total. The van der Waals surface area contributed by atoms with Crippen LogP contribution in [0.5, 0.6) is 5.75 Å². The molecule has 0 unspecified atom stereocenters.